The van der Waals surface area contributed by atoms with Gasteiger partial charge in [-0.15, -0.1) is 0 Å². The summed E-state index contributed by atoms with van der Waals surface area (Å²) in [5, 5.41) is 14.0. The summed E-state index contributed by atoms with van der Waals surface area (Å²) in [6.07, 6.45) is 1.87. The van der Waals surface area contributed by atoms with Gasteiger partial charge in [0.25, 0.3) is 0 Å². The maximum absolute atomic E-state index is 10.6. The monoisotopic (exact) mass is 246 g/mol. The first kappa shape index (κ1) is 12.2. The van der Waals surface area contributed by atoms with E-state index >= 15 is 0 Å². The number of hydrogen-bond donors (Lipinski definition) is 2. The van der Waals surface area contributed by atoms with Crippen molar-refractivity contribution in [2.24, 2.45) is 0 Å². The number of fused-ring (bicyclic) bond motifs is 1. The quantitative estimate of drug-likeness (QED) is 0.783. The van der Waals surface area contributed by atoms with Gasteiger partial charge in [0.2, 0.25) is 0 Å². The molecule has 1 saturated heterocycles. The summed E-state index contributed by atoms with van der Waals surface area (Å²) >= 11 is 0. The summed E-state index contributed by atoms with van der Waals surface area (Å²) in [7, 11) is 0. The maximum atomic E-state index is 10.6. The third kappa shape index (κ3) is 2.07. The standard InChI is InChI=1S/C15H22N2O/c1-11-3-2-4-13-12(11)5-6-14(15(13)18)17-9-7-16-8-10-17/h2-4,14-16,18H,5-10H2,1H3. The van der Waals surface area contributed by atoms with Gasteiger partial charge in [0.1, 0.15) is 0 Å². The van der Waals surface area contributed by atoms with Crippen molar-refractivity contribution in [2.75, 3.05) is 26.2 Å². The van der Waals surface area contributed by atoms with Crippen LogP contribution < -0.4 is 5.32 Å². The van der Waals surface area contributed by atoms with Crippen molar-refractivity contribution in [1.29, 1.82) is 0 Å². The Balaban J connectivity index is 1.84. The van der Waals surface area contributed by atoms with E-state index in [1.54, 1.807) is 0 Å². The summed E-state index contributed by atoms with van der Waals surface area (Å²) in [6, 6.07) is 6.62. The fraction of sp³-hybridized carbons (Fsp3) is 0.600. The number of aliphatic hydroxyl groups is 1. The Hall–Kier alpha value is -0.900. The van der Waals surface area contributed by atoms with Crippen LogP contribution in [0.15, 0.2) is 18.2 Å². The molecular formula is C15H22N2O. The Morgan fingerprint density at radius 2 is 2.06 bits per heavy atom. The van der Waals surface area contributed by atoms with Crippen LogP contribution in [0.5, 0.6) is 0 Å². The third-order valence-electron chi connectivity index (χ3n) is 4.44. The van der Waals surface area contributed by atoms with Crippen molar-refractivity contribution in [3.63, 3.8) is 0 Å². The van der Waals surface area contributed by atoms with E-state index in [-0.39, 0.29) is 6.10 Å². The first-order valence-corrected chi connectivity index (χ1v) is 6.98. The van der Waals surface area contributed by atoms with Gasteiger partial charge in [0, 0.05) is 32.2 Å². The molecule has 0 radical (unpaired) electrons. The van der Waals surface area contributed by atoms with E-state index in [1.165, 1.54) is 11.1 Å². The second kappa shape index (κ2) is 5.00. The molecule has 3 rings (SSSR count). The van der Waals surface area contributed by atoms with Gasteiger partial charge >= 0.3 is 0 Å². The van der Waals surface area contributed by atoms with Crippen molar-refractivity contribution in [2.45, 2.75) is 31.9 Å². The second-order valence-electron chi connectivity index (χ2n) is 5.48. The lowest BCUT2D eigenvalue weighted by Gasteiger charge is -2.41. The number of nitrogens with zero attached hydrogens (tertiary/aromatic N) is 1. The molecule has 98 valence electrons. The van der Waals surface area contributed by atoms with Gasteiger partial charge in [-0.25, -0.2) is 0 Å². The van der Waals surface area contributed by atoms with Crippen molar-refractivity contribution < 1.29 is 5.11 Å². The third-order valence-corrected chi connectivity index (χ3v) is 4.44. The fourth-order valence-corrected chi connectivity index (χ4v) is 3.40. The SMILES string of the molecule is Cc1cccc2c1CCC(N1CCNCC1)C2O. The number of piperazine rings is 1. The number of rotatable bonds is 1. The van der Waals surface area contributed by atoms with Crippen molar-refractivity contribution in [3.8, 4) is 0 Å². The highest BCUT2D eigenvalue weighted by Crippen LogP contribution is 2.34. The lowest BCUT2D eigenvalue weighted by atomic mass is 9.83. The molecule has 3 nitrogen and oxygen atoms in total. The van der Waals surface area contributed by atoms with Gasteiger partial charge in [0.15, 0.2) is 0 Å². The van der Waals surface area contributed by atoms with Crippen LogP contribution >= 0.6 is 0 Å². The first-order chi connectivity index (χ1) is 8.77. The second-order valence-corrected chi connectivity index (χ2v) is 5.48. The lowest BCUT2D eigenvalue weighted by Crippen LogP contribution is -2.51. The molecule has 2 N–H and O–H groups in total. The minimum atomic E-state index is -0.313. The van der Waals surface area contributed by atoms with Crippen LogP contribution in [0, 0.1) is 6.92 Å². The summed E-state index contributed by atoms with van der Waals surface area (Å²) in [5.74, 6) is 0. The predicted octanol–water partition coefficient (Wildman–Crippen LogP) is 1.25. The Morgan fingerprint density at radius 1 is 1.28 bits per heavy atom. The zero-order valence-electron chi connectivity index (χ0n) is 11.0. The van der Waals surface area contributed by atoms with E-state index in [9.17, 15) is 5.11 Å². The van der Waals surface area contributed by atoms with E-state index in [0.29, 0.717) is 6.04 Å². The number of nitrogens with one attached hydrogen (secondary N) is 1. The van der Waals surface area contributed by atoms with Gasteiger partial charge in [-0.2, -0.15) is 0 Å². The van der Waals surface area contributed by atoms with Crippen molar-refractivity contribution >= 4 is 0 Å². The van der Waals surface area contributed by atoms with Gasteiger partial charge in [-0.3, -0.25) is 4.90 Å². The Bertz CT molecular complexity index is 427. The van der Waals surface area contributed by atoms with Crippen molar-refractivity contribution in [1.82, 2.24) is 10.2 Å². The molecule has 18 heavy (non-hydrogen) atoms. The van der Waals surface area contributed by atoms with Crippen LogP contribution in [-0.2, 0) is 6.42 Å². The van der Waals surface area contributed by atoms with E-state index in [2.05, 4.69) is 35.3 Å². The minimum Gasteiger partial charge on any atom is -0.387 e. The number of benzene rings is 1. The van der Waals surface area contributed by atoms with Crippen molar-refractivity contribution in [3.05, 3.63) is 34.9 Å². The van der Waals surface area contributed by atoms with Crippen LogP contribution in [0.2, 0.25) is 0 Å². The summed E-state index contributed by atoms with van der Waals surface area (Å²) < 4.78 is 0. The highest BCUT2D eigenvalue weighted by atomic mass is 16.3. The van der Waals surface area contributed by atoms with Gasteiger partial charge in [-0.05, 0) is 36.5 Å². The van der Waals surface area contributed by atoms with Gasteiger partial charge < -0.3 is 10.4 Å². The average molecular weight is 246 g/mol. The Labute approximate surface area is 109 Å². The zero-order valence-corrected chi connectivity index (χ0v) is 11.0. The number of aryl methyl sites for hydroxylation is 1. The van der Waals surface area contributed by atoms with Crippen LogP contribution in [0.3, 0.4) is 0 Å². The van der Waals surface area contributed by atoms with Gasteiger partial charge in [0.05, 0.1) is 6.10 Å². The molecule has 1 fully saturated rings. The molecule has 3 heteroatoms. The molecule has 2 unspecified atom stereocenters. The Morgan fingerprint density at radius 3 is 2.83 bits per heavy atom. The molecule has 0 aromatic heterocycles. The molecule has 1 aliphatic carbocycles. The van der Waals surface area contributed by atoms with Crippen LogP contribution in [-0.4, -0.2) is 42.2 Å². The van der Waals surface area contributed by atoms with E-state index in [4.69, 9.17) is 0 Å². The predicted molar refractivity (Wildman–Crippen MR) is 72.7 cm³/mol. The van der Waals surface area contributed by atoms with Crippen LogP contribution in [0.25, 0.3) is 0 Å². The molecule has 0 saturated carbocycles. The molecule has 1 aromatic carbocycles. The zero-order chi connectivity index (χ0) is 12.5. The van der Waals surface area contributed by atoms with E-state index in [1.807, 2.05) is 0 Å². The van der Waals surface area contributed by atoms with E-state index in [0.717, 1.165) is 44.6 Å². The highest BCUT2D eigenvalue weighted by Gasteiger charge is 2.33. The molecule has 2 atom stereocenters. The van der Waals surface area contributed by atoms with Crippen LogP contribution in [0.4, 0.5) is 0 Å². The Kier molecular flexibility index (Phi) is 3.37. The number of aliphatic hydroxyl groups excluding tert-OH is 1. The molecule has 1 aliphatic heterocycles. The average Bonchev–Trinajstić information content (AvgIpc) is 2.41. The summed E-state index contributed by atoms with van der Waals surface area (Å²) in [6.45, 7) is 6.36. The minimum absolute atomic E-state index is 0.307. The summed E-state index contributed by atoms with van der Waals surface area (Å²) in [5.41, 5.74) is 3.85. The molecular weight excluding hydrogens is 224 g/mol. The van der Waals surface area contributed by atoms with E-state index < -0.39 is 0 Å². The molecule has 0 bridgehead atoms. The maximum Gasteiger partial charge on any atom is 0.0948 e. The summed E-state index contributed by atoms with van der Waals surface area (Å²) in [4.78, 5) is 2.45. The largest absolute Gasteiger partial charge is 0.387 e. The molecule has 1 aromatic rings. The highest BCUT2D eigenvalue weighted by molar-refractivity contribution is 5.38. The van der Waals surface area contributed by atoms with Crippen LogP contribution in [0.1, 0.15) is 29.2 Å². The fourth-order valence-electron chi connectivity index (χ4n) is 3.40. The first-order valence-electron chi connectivity index (χ1n) is 6.98. The molecule has 0 spiro atoms. The topological polar surface area (TPSA) is 35.5 Å². The lowest BCUT2D eigenvalue weighted by molar-refractivity contribution is 0.0296. The molecule has 0 amide bonds. The smallest absolute Gasteiger partial charge is 0.0948 e. The molecule has 1 heterocycles. The molecule has 2 aliphatic rings. The number of hydrogen-bond acceptors (Lipinski definition) is 3. The van der Waals surface area contributed by atoms with Gasteiger partial charge in [-0.1, -0.05) is 18.2 Å². The normalized spacial score (nSPS) is 29.0.